The van der Waals surface area contributed by atoms with E-state index in [-0.39, 0.29) is 0 Å². The van der Waals surface area contributed by atoms with Gasteiger partial charge in [0.05, 0.1) is 26.0 Å². The van der Waals surface area contributed by atoms with E-state index in [2.05, 4.69) is 34.7 Å². The summed E-state index contributed by atoms with van der Waals surface area (Å²) in [4.78, 5) is 4.61. The zero-order valence-electron chi connectivity index (χ0n) is 14.1. The van der Waals surface area contributed by atoms with Gasteiger partial charge >= 0.3 is 0 Å². The summed E-state index contributed by atoms with van der Waals surface area (Å²) in [5.74, 6) is 2.59. The summed E-state index contributed by atoms with van der Waals surface area (Å²) in [6, 6.07) is 9.99. The predicted octanol–water partition coefficient (Wildman–Crippen LogP) is 3.24. The van der Waals surface area contributed by atoms with Crippen LogP contribution in [0.3, 0.4) is 0 Å². The van der Waals surface area contributed by atoms with Crippen LogP contribution in [-0.4, -0.2) is 19.1 Å². The first-order valence-electron chi connectivity index (χ1n) is 7.99. The summed E-state index contributed by atoms with van der Waals surface area (Å²) in [5, 5.41) is 6.49. The van der Waals surface area contributed by atoms with Crippen LogP contribution in [0.2, 0.25) is 0 Å². The van der Waals surface area contributed by atoms with Crippen LogP contribution in [0.25, 0.3) is 0 Å². The number of hydrogen-bond acceptors (Lipinski definition) is 3. The van der Waals surface area contributed by atoms with Crippen molar-refractivity contribution in [3.63, 3.8) is 0 Å². The summed E-state index contributed by atoms with van der Waals surface area (Å²) >= 11 is 0. The monoisotopic (exact) mass is 315 g/mol. The molecule has 23 heavy (non-hydrogen) atoms. The number of guanidine groups is 1. The lowest BCUT2D eigenvalue weighted by molar-refractivity contribution is 0.338. The van der Waals surface area contributed by atoms with Crippen LogP contribution in [0.4, 0.5) is 0 Å². The largest absolute Gasteiger partial charge is 0.494 e. The van der Waals surface area contributed by atoms with Crippen LogP contribution in [0.5, 0.6) is 5.75 Å². The molecular formula is C18H25N3O2. The molecule has 0 saturated carbocycles. The topological polar surface area (TPSA) is 58.8 Å². The fourth-order valence-electron chi connectivity index (χ4n) is 2.22. The van der Waals surface area contributed by atoms with Gasteiger partial charge in [0.2, 0.25) is 0 Å². The van der Waals surface area contributed by atoms with Crippen molar-refractivity contribution in [2.45, 2.75) is 33.9 Å². The van der Waals surface area contributed by atoms with E-state index in [9.17, 15) is 0 Å². The summed E-state index contributed by atoms with van der Waals surface area (Å²) in [7, 11) is 0. The van der Waals surface area contributed by atoms with Crippen LogP contribution < -0.4 is 15.4 Å². The van der Waals surface area contributed by atoms with Crippen LogP contribution in [-0.2, 0) is 13.1 Å². The summed E-state index contributed by atoms with van der Waals surface area (Å²) < 4.78 is 10.9. The first-order chi connectivity index (χ1) is 11.2. The van der Waals surface area contributed by atoms with E-state index in [1.54, 1.807) is 6.26 Å². The van der Waals surface area contributed by atoms with Gasteiger partial charge < -0.3 is 19.8 Å². The second-order valence-corrected chi connectivity index (χ2v) is 5.16. The zero-order valence-corrected chi connectivity index (χ0v) is 14.1. The Hall–Kier alpha value is -2.43. The Balaban J connectivity index is 1.97. The molecule has 2 rings (SSSR count). The third kappa shape index (κ3) is 5.36. The maximum atomic E-state index is 5.56. The van der Waals surface area contributed by atoms with Gasteiger partial charge in [0.15, 0.2) is 5.96 Å². The summed E-state index contributed by atoms with van der Waals surface area (Å²) in [6.45, 7) is 8.81. The van der Waals surface area contributed by atoms with E-state index < -0.39 is 0 Å². The SMILES string of the molecule is CCNC(=NCc1ccc(OCC)c(C)c1)NCc1ccco1. The van der Waals surface area contributed by atoms with E-state index in [1.165, 1.54) is 0 Å². The van der Waals surface area contributed by atoms with Crippen molar-refractivity contribution in [1.29, 1.82) is 0 Å². The second kappa shape index (κ2) is 8.88. The van der Waals surface area contributed by atoms with E-state index >= 15 is 0 Å². The minimum Gasteiger partial charge on any atom is -0.494 e. The van der Waals surface area contributed by atoms with Gasteiger partial charge in [-0.25, -0.2) is 4.99 Å². The Kier molecular flexibility index (Phi) is 6.54. The fraction of sp³-hybridized carbons (Fsp3) is 0.389. The highest BCUT2D eigenvalue weighted by Crippen LogP contribution is 2.19. The quantitative estimate of drug-likeness (QED) is 0.608. The highest BCUT2D eigenvalue weighted by molar-refractivity contribution is 5.79. The normalized spacial score (nSPS) is 11.3. The van der Waals surface area contributed by atoms with Gasteiger partial charge in [-0.15, -0.1) is 0 Å². The Labute approximate surface area is 137 Å². The first-order valence-corrected chi connectivity index (χ1v) is 7.99. The van der Waals surface area contributed by atoms with Gasteiger partial charge in [-0.05, 0) is 50.1 Å². The molecule has 1 aromatic heterocycles. The molecule has 0 aliphatic rings. The molecule has 0 spiro atoms. The smallest absolute Gasteiger partial charge is 0.191 e. The van der Waals surface area contributed by atoms with Crippen LogP contribution >= 0.6 is 0 Å². The zero-order chi connectivity index (χ0) is 16.5. The molecule has 0 amide bonds. The average Bonchev–Trinajstić information content (AvgIpc) is 3.06. The molecule has 1 aromatic carbocycles. The molecule has 1 heterocycles. The number of nitrogens with zero attached hydrogens (tertiary/aromatic N) is 1. The predicted molar refractivity (Wildman–Crippen MR) is 92.7 cm³/mol. The van der Waals surface area contributed by atoms with Crippen LogP contribution in [0.15, 0.2) is 46.0 Å². The van der Waals surface area contributed by atoms with Crippen molar-refractivity contribution in [3.05, 3.63) is 53.5 Å². The van der Waals surface area contributed by atoms with Gasteiger partial charge in [-0.3, -0.25) is 0 Å². The molecule has 0 bridgehead atoms. The lowest BCUT2D eigenvalue weighted by atomic mass is 10.1. The van der Waals surface area contributed by atoms with Gasteiger partial charge in [0.25, 0.3) is 0 Å². The van der Waals surface area contributed by atoms with Crippen LogP contribution in [0, 0.1) is 6.92 Å². The Morgan fingerprint density at radius 3 is 2.74 bits per heavy atom. The van der Waals surface area contributed by atoms with E-state index in [0.29, 0.717) is 19.7 Å². The standard InChI is InChI=1S/C18H25N3O2/c1-4-19-18(21-13-16-7-6-10-23-16)20-12-15-8-9-17(22-5-2)14(3)11-15/h6-11H,4-5,12-13H2,1-3H3,(H2,19,20,21). The summed E-state index contributed by atoms with van der Waals surface area (Å²) in [6.07, 6.45) is 1.67. The highest BCUT2D eigenvalue weighted by Gasteiger charge is 2.02. The Morgan fingerprint density at radius 1 is 1.22 bits per heavy atom. The number of rotatable bonds is 7. The molecule has 0 aliphatic carbocycles. The molecule has 0 fully saturated rings. The number of aliphatic imine (C=N–C) groups is 1. The lowest BCUT2D eigenvalue weighted by Gasteiger charge is -2.11. The van der Waals surface area contributed by atoms with E-state index in [0.717, 1.165) is 35.1 Å². The Bertz CT molecular complexity index is 621. The number of aryl methyl sites for hydroxylation is 1. The van der Waals surface area contributed by atoms with Crippen LogP contribution in [0.1, 0.15) is 30.7 Å². The number of ether oxygens (including phenoxy) is 1. The maximum absolute atomic E-state index is 5.56. The molecule has 2 N–H and O–H groups in total. The van der Waals surface area contributed by atoms with Crippen molar-refractivity contribution in [2.24, 2.45) is 4.99 Å². The summed E-state index contributed by atoms with van der Waals surface area (Å²) in [5.41, 5.74) is 2.29. The third-order valence-electron chi connectivity index (χ3n) is 3.31. The van der Waals surface area contributed by atoms with Gasteiger partial charge in [-0.2, -0.15) is 0 Å². The molecule has 124 valence electrons. The van der Waals surface area contributed by atoms with Crippen molar-refractivity contribution in [2.75, 3.05) is 13.2 Å². The van der Waals surface area contributed by atoms with Crippen molar-refractivity contribution < 1.29 is 9.15 Å². The molecule has 0 unspecified atom stereocenters. The second-order valence-electron chi connectivity index (χ2n) is 5.16. The van der Waals surface area contributed by atoms with Crippen molar-refractivity contribution >= 4 is 5.96 Å². The van der Waals surface area contributed by atoms with Gasteiger partial charge in [-0.1, -0.05) is 12.1 Å². The van der Waals surface area contributed by atoms with E-state index in [4.69, 9.17) is 9.15 Å². The maximum Gasteiger partial charge on any atom is 0.191 e. The first kappa shape index (κ1) is 16.9. The molecule has 0 radical (unpaired) electrons. The fourth-order valence-corrected chi connectivity index (χ4v) is 2.22. The highest BCUT2D eigenvalue weighted by atomic mass is 16.5. The molecular weight excluding hydrogens is 290 g/mol. The molecule has 0 saturated heterocycles. The van der Waals surface area contributed by atoms with Gasteiger partial charge in [0.1, 0.15) is 11.5 Å². The molecule has 5 nitrogen and oxygen atoms in total. The average molecular weight is 315 g/mol. The minimum atomic E-state index is 0.612. The molecule has 5 heteroatoms. The third-order valence-corrected chi connectivity index (χ3v) is 3.31. The molecule has 0 atom stereocenters. The van der Waals surface area contributed by atoms with Crippen molar-refractivity contribution in [3.8, 4) is 5.75 Å². The molecule has 2 aromatic rings. The Morgan fingerprint density at radius 2 is 2.09 bits per heavy atom. The number of furan rings is 1. The van der Waals surface area contributed by atoms with Crippen molar-refractivity contribution in [1.82, 2.24) is 10.6 Å². The number of benzene rings is 1. The number of hydrogen-bond donors (Lipinski definition) is 2. The van der Waals surface area contributed by atoms with E-state index in [1.807, 2.05) is 32.0 Å². The minimum absolute atomic E-state index is 0.612. The lowest BCUT2D eigenvalue weighted by Crippen LogP contribution is -2.36. The van der Waals surface area contributed by atoms with Gasteiger partial charge in [0, 0.05) is 6.54 Å². The number of nitrogens with one attached hydrogen (secondary N) is 2. The molecule has 0 aliphatic heterocycles.